The van der Waals surface area contributed by atoms with Crippen LogP contribution in [0.4, 0.5) is 26.3 Å². The van der Waals surface area contributed by atoms with Gasteiger partial charge in [-0.15, -0.1) is 0 Å². The van der Waals surface area contributed by atoms with Gasteiger partial charge in [0, 0.05) is 16.0 Å². The van der Waals surface area contributed by atoms with Gasteiger partial charge in [0.2, 0.25) is 11.4 Å². The number of aliphatic hydroxyl groups is 2. The van der Waals surface area contributed by atoms with Crippen molar-refractivity contribution in [2.75, 3.05) is 13.2 Å². The summed E-state index contributed by atoms with van der Waals surface area (Å²) in [6, 6.07) is 2.82. The number of hydrogen-bond donors (Lipinski definition) is 3. The van der Waals surface area contributed by atoms with E-state index in [1.807, 2.05) is 0 Å². The van der Waals surface area contributed by atoms with Gasteiger partial charge in [0.05, 0.1) is 13.2 Å². The predicted molar refractivity (Wildman–Crippen MR) is 105 cm³/mol. The van der Waals surface area contributed by atoms with Gasteiger partial charge in [0.1, 0.15) is 11.8 Å². The maximum atomic E-state index is 14.1. The minimum absolute atomic E-state index is 0.0831. The standard InChI is InChI=1S/C19H19Cl2F6NO6/c1-3-33-14(29)12-11(9-6-5-8(20)7-10(9)21)13(15(30)34-4-2)17(32,19(25,26)27)28-16(12,31)18(22,23)24/h5-7,11-13,28,31-32H,3-4H2,1-2H3. The number of carbonyl (C=O) groups is 2. The number of halogens is 8. The fourth-order valence-corrected chi connectivity index (χ4v) is 4.42. The summed E-state index contributed by atoms with van der Waals surface area (Å²) in [7, 11) is 0. The SMILES string of the molecule is CCOC(=O)C1C(c2ccc(Cl)cc2Cl)C(C(=O)OCC)C(O)(C(F)(F)F)NC1(O)C(F)(F)F. The summed E-state index contributed by atoms with van der Waals surface area (Å²) < 4.78 is 93.6. The van der Waals surface area contributed by atoms with Crippen molar-refractivity contribution in [3.05, 3.63) is 33.8 Å². The van der Waals surface area contributed by atoms with E-state index in [1.165, 1.54) is 13.8 Å². The molecule has 4 atom stereocenters. The average molecular weight is 542 g/mol. The van der Waals surface area contributed by atoms with E-state index in [1.54, 1.807) is 0 Å². The van der Waals surface area contributed by atoms with Crippen molar-refractivity contribution in [1.29, 1.82) is 0 Å². The lowest BCUT2D eigenvalue weighted by Crippen LogP contribution is -2.81. The van der Waals surface area contributed by atoms with E-state index in [-0.39, 0.29) is 5.02 Å². The van der Waals surface area contributed by atoms with E-state index in [4.69, 9.17) is 23.2 Å². The molecule has 1 aromatic rings. The van der Waals surface area contributed by atoms with E-state index in [9.17, 15) is 46.1 Å². The number of carbonyl (C=O) groups excluding carboxylic acids is 2. The van der Waals surface area contributed by atoms with Crippen molar-refractivity contribution in [2.45, 2.75) is 43.6 Å². The molecule has 1 aromatic carbocycles. The van der Waals surface area contributed by atoms with Gasteiger partial charge in [-0.2, -0.15) is 26.3 Å². The molecule has 1 fully saturated rings. The van der Waals surface area contributed by atoms with Gasteiger partial charge in [0.15, 0.2) is 0 Å². The summed E-state index contributed by atoms with van der Waals surface area (Å²) in [5.41, 5.74) is -10.1. The second-order valence-electron chi connectivity index (χ2n) is 7.30. The second kappa shape index (κ2) is 9.69. The summed E-state index contributed by atoms with van der Waals surface area (Å²) in [5, 5.41) is 21.2. The fourth-order valence-electron chi connectivity index (χ4n) is 3.88. The smallest absolute Gasteiger partial charge is 0.432 e. The fraction of sp³-hybridized carbons (Fsp3) is 0.579. The van der Waals surface area contributed by atoms with Crippen molar-refractivity contribution >= 4 is 35.1 Å². The number of benzene rings is 1. The summed E-state index contributed by atoms with van der Waals surface area (Å²) in [6.45, 7) is 1.33. The third kappa shape index (κ3) is 4.81. The minimum Gasteiger partial charge on any atom is -0.466 e. The molecule has 7 nitrogen and oxygen atoms in total. The van der Waals surface area contributed by atoms with Crippen molar-refractivity contribution in [2.24, 2.45) is 11.8 Å². The highest BCUT2D eigenvalue weighted by Crippen LogP contribution is 2.56. The number of nitrogens with one attached hydrogen (secondary N) is 1. The van der Waals surface area contributed by atoms with Gasteiger partial charge in [0.25, 0.3) is 0 Å². The third-order valence-electron chi connectivity index (χ3n) is 5.27. The maximum absolute atomic E-state index is 14.1. The van der Waals surface area contributed by atoms with Crippen LogP contribution in [-0.2, 0) is 19.1 Å². The molecule has 0 radical (unpaired) electrons. The summed E-state index contributed by atoms with van der Waals surface area (Å²) >= 11 is 11.8. The Morgan fingerprint density at radius 1 is 0.941 bits per heavy atom. The maximum Gasteiger partial charge on any atom is 0.432 e. The highest BCUT2D eigenvalue weighted by molar-refractivity contribution is 6.35. The van der Waals surface area contributed by atoms with Crippen LogP contribution < -0.4 is 5.32 Å². The lowest BCUT2D eigenvalue weighted by molar-refractivity contribution is -0.376. The van der Waals surface area contributed by atoms with Crippen molar-refractivity contribution in [3.8, 4) is 0 Å². The molecule has 0 saturated carbocycles. The molecule has 0 spiro atoms. The molecule has 4 unspecified atom stereocenters. The van der Waals surface area contributed by atoms with E-state index in [2.05, 4.69) is 9.47 Å². The van der Waals surface area contributed by atoms with Crippen LogP contribution in [0.5, 0.6) is 0 Å². The van der Waals surface area contributed by atoms with E-state index >= 15 is 0 Å². The number of ether oxygens (including phenoxy) is 2. The highest BCUT2D eigenvalue weighted by Gasteiger charge is 2.78. The Labute approximate surface area is 198 Å². The zero-order chi connectivity index (χ0) is 26.3. The van der Waals surface area contributed by atoms with Crippen LogP contribution in [0, 0.1) is 11.8 Å². The molecule has 34 heavy (non-hydrogen) atoms. The van der Waals surface area contributed by atoms with E-state index in [0.717, 1.165) is 18.2 Å². The molecule has 0 aromatic heterocycles. The number of esters is 2. The molecule has 2 rings (SSSR count). The molecule has 15 heteroatoms. The summed E-state index contributed by atoms with van der Waals surface area (Å²) in [4.78, 5) is 25.4. The Kier molecular flexibility index (Phi) is 8.10. The Morgan fingerprint density at radius 3 is 1.68 bits per heavy atom. The first-order chi connectivity index (χ1) is 15.5. The molecular formula is C19H19Cl2F6NO6. The van der Waals surface area contributed by atoms with Crippen molar-refractivity contribution < 1.29 is 55.6 Å². The van der Waals surface area contributed by atoms with Crippen LogP contribution in [0.1, 0.15) is 25.3 Å². The molecule has 1 aliphatic heterocycles. The molecular weight excluding hydrogens is 523 g/mol. The number of alkyl halides is 6. The molecule has 1 heterocycles. The quantitative estimate of drug-likeness (QED) is 0.387. The summed E-state index contributed by atoms with van der Waals surface area (Å²) in [6.07, 6.45) is -12.0. The zero-order valence-electron chi connectivity index (χ0n) is 17.4. The lowest BCUT2D eigenvalue weighted by Gasteiger charge is -2.54. The minimum atomic E-state index is -5.99. The van der Waals surface area contributed by atoms with Gasteiger partial charge < -0.3 is 19.7 Å². The molecule has 0 aliphatic carbocycles. The van der Waals surface area contributed by atoms with Crippen LogP contribution in [0.3, 0.4) is 0 Å². The third-order valence-corrected chi connectivity index (χ3v) is 5.83. The van der Waals surface area contributed by atoms with Gasteiger partial charge >= 0.3 is 24.3 Å². The number of rotatable bonds is 5. The molecule has 1 aliphatic rings. The molecule has 0 amide bonds. The average Bonchev–Trinajstić information content (AvgIpc) is 2.66. The van der Waals surface area contributed by atoms with Gasteiger partial charge in [-0.05, 0) is 31.5 Å². The Bertz CT molecular complexity index is 897. The van der Waals surface area contributed by atoms with E-state index < -0.39 is 77.3 Å². The first-order valence-electron chi connectivity index (χ1n) is 9.62. The van der Waals surface area contributed by atoms with Crippen LogP contribution in [0.15, 0.2) is 18.2 Å². The van der Waals surface area contributed by atoms with Gasteiger partial charge in [-0.1, -0.05) is 29.3 Å². The Morgan fingerprint density at radius 2 is 1.35 bits per heavy atom. The largest absolute Gasteiger partial charge is 0.466 e. The molecule has 1 saturated heterocycles. The zero-order valence-corrected chi connectivity index (χ0v) is 18.9. The first-order valence-corrected chi connectivity index (χ1v) is 10.4. The summed E-state index contributed by atoms with van der Waals surface area (Å²) in [5.74, 6) is -12.1. The molecule has 192 valence electrons. The number of piperidine rings is 1. The number of hydrogen-bond acceptors (Lipinski definition) is 7. The Balaban J connectivity index is 3.02. The van der Waals surface area contributed by atoms with Crippen molar-refractivity contribution in [3.63, 3.8) is 0 Å². The van der Waals surface area contributed by atoms with Crippen LogP contribution in [-0.4, -0.2) is 59.2 Å². The second-order valence-corrected chi connectivity index (χ2v) is 8.15. The molecule has 0 bridgehead atoms. The highest BCUT2D eigenvalue weighted by atomic mass is 35.5. The predicted octanol–water partition coefficient (Wildman–Crippen LogP) is 3.54. The van der Waals surface area contributed by atoms with Gasteiger partial charge in [-0.25, -0.2) is 5.32 Å². The van der Waals surface area contributed by atoms with Crippen LogP contribution >= 0.6 is 23.2 Å². The Hall–Kier alpha value is -1.80. The van der Waals surface area contributed by atoms with Gasteiger partial charge in [-0.3, -0.25) is 9.59 Å². The lowest BCUT2D eigenvalue weighted by atomic mass is 9.64. The van der Waals surface area contributed by atoms with E-state index in [0.29, 0.717) is 5.32 Å². The molecule has 3 N–H and O–H groups in total. The van der Waals surface area contributed by atoms with Crippen LogP contribution in [0.25, 0.3) is 0 Å². The van der Waals surface area contributed by atoms with Crippen molar-refractivity contribution in [1.82, 2.24) is 5.32 Å². The topological polar surface area (TPSA) is 105 Å². The monoisotopic (exact) mass is 541 g/mol. The normalized spacial score (nSPS) is 30.1. The first kappa shape index (κ1) is 28.4. The van der Waals surface area contributed by atoms with Crippen LogP contribution in [0.2, 0.25) is 10.0 Å².